The molecular formula is C19H19ClN2O4S. The quantitative estimate of drug-likeness (QED) is 0.744. The van der Waals surface area contributed by atoms with Gasteiger partial charge in [-0.15, -0.1) is 11.3 Å². The van der Waals surface area contributed by atoms with Crippen molar-refractivity contribution >= 4 is 46.4 Å². The normalized spacial score (nSPS) is 14.9. The zero-order valence-corrected chi connectivity index (χ0v) is 16.3. The van der Waals surface area contributed by atoms with Gasteiger partial charge in [0, 0.05) is 17.8 Å². The van der Waals surface area contributed by atoms with Crippen molar-refractivity contribution in [3.05, 3.63) is 51.2 Å². The Balaban J connectivity index is 1.59. The molecule has 0 unspecified atom stereocenters. The number of hydrogen-bond donors (Lipinski definition) is 1. The van der Waals surface area contributed by atoms with Gasteiger partial charge < -0.3 is 15.0 Å². The molecule has 0 spiro atoms. The van der Waals surface area contributed by atoms with E-state index in [4.69, 9.17) is 16.3 Å². The van der Waals surface area contributed by atoms with E-state index in [1.165, 1.54) is 12.1 Å². The number of halogens is 1. The molecule has 1 fully saturated rings. The molecule has 6 nitrogen and oxygen atoms in total. The summed E-state index contributed by atoms with van der Waals surface area (Å²) in [6, 6.07) is 8.28. The summed E-state index contributed by atoms with van der Waals surface area (Å²) >= 11 is 7.71. The van der Waals surface area contributed by atoms with Gasteiger partial charge in [0.15, 0.2) is 6.61 Å². The number of ether oxygens (including phenoxy) is 1. The van der Waals surface area contributed by atoms with Crippen molar-refractivity contribution in [2.45, 2.75) is 25.8 Å². The molecule has 2 aromatic rings. The van der Waals surface area contributed by atoms with Gasteiger partial charge in [-0.3, -0.25) is 9.59 Å². The molecule has 0 bridgehead atoms. The van der Waals surface area contributed by atoms with E-state index in [1.807, 2.05) is 24.4 Å². The van der Waals surface area contributed by atoms with Crippen LogP contribution in [0.4, 0.5) is 5.69 Å². The first-order valence-corrected chi connectivity index (χ1v) is 9.81. The minimum Gasteiger partial charge on any atom is -0.452 e. The van der Waals surface area contributed by atoms with Crippen LogP contribution in [0.1, 0.15) is 41.0 Å². The number of esters is 1. The average molecular weight is 407 g/mol. The molecule has 27 heavy (non-hydrogen) atoms. The second kappa shape index (κ2) is 8.54. The van der Waals surface area contributed by atoms with Gasteiger partial charge in [0.05, 0.1) is 22.3 Å². The summed E-state index contributed by atoms with van der Waals surface area (Å²) in [4.78, 5) is 38.8. The Hall–Kier alpha value is -2.38. The van der Waals surface area contributed by atoms with Crippen LogP contribution in [0.5, 0.6) is 0 Å². The van der Waals surface area contributed by atoms with Crippen LogP contribution in [-0.2, 0) is 14.3 Å². The highest BCUT2D eigenvalue weighted by atomic mass is 35.5. The van der Waals surface area contributed by atoms with Crippen molar-refractivity contribution in [1.82, 2.24) is 5.32 Å². The molecule has 2 heterocycles. The van der Waals surface area contributed by atoms with Crippen molar-refractivity contribution < 1.29 is 19.1 Å². The van der Waals surface area contributed by atoms with E-state index < -0.39 is 5.97 Å². The number of nitrogens with one attached hydrogen (secondary N) is 1. The van der Waals surface area contributed by atoms with E-state index in [0.29, 0.717) is 23.7 Å². The predicted molar refractivity (Wildman–Crippen MR) is 104 cm³/mol. The lowest BCUT2D eigenvalue weighted by molar-refractivity contribution is -0.124. The molecule has 0 aliphatic carbocycles. The first-order chi connectivity index (χ1) is 13.0. The van der Waals surface area contributed by atoms with E-state index in [-0.39, 0.29) is 30.0 Å². The number of nitrogens with zero attached hydrogens (tertiary/aromatic N) is 1. The maximum atomic E-state index is 12.3. The number of carbonyl (C=O) groups is 3. The van der Waals surface area contributed by atoms with Crippen molar-refractivity contribution in [1.29, 1.82) is 0 Å². The minimum absolute atomic E-state index is 0.0237. The summed E-state index contributed by atoms with van der Waals surface area (Å²) in [5, 5.41) is 5.11. The molecule has 0 radical (unpaired) electrons. The standard InChI is InChI=1S/C19H19ClN2O4S/c1-12(16-4-3-9-27-16)21-17(23)11-26-19(25)13-6-7-14(20)15(10-13)22-8-2-5-18(22)24/h3-4,6-7,9-10,12H,2,5,8,11H2,1H3,(H,21,23)/t12-/m0/s1. The zero-order chi connectivity index (χ0) is 19.4. The van der Waals surface area contributed by atoms with Crippen LogP contribution in [0.15, 0.2) is 35.7 Å². The van der Waals surface area contributed by atoms with Crippen LogP contribution < -0.4 is 10.2 Å². The molecule has 3 rings (SSSR count). The van der Waals surface area contributed by atoms with Crippen LogP contribution >= 0.6 is 22.9 Å². The van der Waals surface area contributed by atoms with Crippen molar-refractivity contribution in [2.75, 3.05) is 18.1 Å². The third-order valence-corrected chi connectivity index (χ3v) is 5.60. The molecule has 0 saturated carbocycles. The van der Waals surface area contributed by atoms with E-state index >= 15 is 0 Å². The number of amides is 2. The Morgan fingerprint density at radius 1 is 1.37 bits per heavy atom. The number of hydrogen-bond acceptors (Lipinski definition) is 5. The molecule has 8 heteroatoms. The van der Waals surface area contributed by atoms with Gasteiger partial charge in [0.2, 0.25) is 5.91 Å². The summed E-state index contributed by atoms with van der Waals surface area (Å²) in [5.74, 6) is -1.05. The highest BCUT2D eigenvalue weighted by Gasteiger charge is 2.25. The van der Waals surface area contributed by atoms with Gasteiger partial charge in [-0.05, 0) is 43.0 Å². The first-order valence-electron chi connectivity index (χ1n) is 8.55. The monoisotopic (exact) mass is 406 g/mol. The van der Waals surface area contributed by atoms with Crippen LogP contribution in [0.25, 0.3) is 0 Å². The van der Waals surface area contributed by atoms with Gasteiger partial charge in [0.25, 0.3) is 5.91 Å². The lowest BCUT2D eigenvalue weighted by Gasteiger charge is -2.18. The first kappa shape index (κ1) is 19.4. The number of benzene rings is 1. The van der Waals surface area contributed by atoms with Crippen molar-refractivity contribution in [3.63, 3.8) is 0 Å². The number of thiophene rings is 1. The van der Waals surface area contributed by atoms with E-state index in [9.17, 15) is 14.4 Å². The molecule has 142 valence electrons. The van der Waals surface area contributed by atoms with Crippen LogP contribution in [0, 0.1) is 0 Å². The summed E-state index contributed by atoms with van der Waals surface area (Å²) in [7, 11) is 0. The Kier molecular flexibility index (Phi) is 6.13. The maximum Gasteiger partial charge on any atom is 0.338 e. The molecule has 1 aromatic heterocycles. The van der Waals surface area contributed by atoms with Gasteiger partial charge in [0.1, 0.15) is 0 Å². The summed E-state index contributed by atoms with van der Waals surface area (Å²) in [5.41, 5.74) is 0.734. The second-order valence-electron chi connectivity index (χ2n) is 6.20. The molecule has 1 aliphatic rings. The lowest BCUT2D eigenvalue weighted by Crippen LogP contribution is -2.30. The van der Waals surface area contributed by atoms with Crippen molar-refractivity contribution in [2.24, 2.45) is 0 Å². The van der Waals surface area contributed by atoms with Crippen LogP contribution in [-0.4, -0.2) is 30.9 Å². The largest absolute Gasteiger partial charge is 0.452 e. The fourth-order valence-corrected chi connectivity index (χ4v) is 3.81. The van der Waals surface area contributed by atoms with Crippen molar-refractivity contribution in [3.8, 4) is 0 Å². The number of carbonyl (C=O) groups excluding carboxylic acids is 3. The second-order valence-corrected chi connectivity index (χ2v) is 7.58. The fraction of sp³-hybridized carbons (Fsp3) is 0.316. The predicted octanol–water partition coefficient (Wildman–Crippen LogP) is 3.56. The molecular weight excluding hydrogens is 388 g/mol. The van der Waals surface area contributed by atoms with E-state index in [1.54, 1.807) is 22.3 Å². The molecule has 1 N–H and O–H groups in total. The lowest BCUT2D eigenvalue weighted by atomic mass is 10.2. The van der Waals surface area contributed by atoms with E-state index in [2.05, 4.69) is 5.32 Å². The minimum atomic E-state index is -0.640. The average Bonchev–Trinajstić information content (AvgIpc) is 3.32. The van der Waals surface area contributed by atoms with Gasteiger partial charge >= 0.3 is 5.97 Å². The molecule has 1 saturated heterocycles. The Morgan fingerprint density at radius 3 is 2.85 bits per heavy atom. The van der Waals surface area contributed by atoms with Crippen LogP contribution in [0.3, 0.4) is 0 Å². The third kappa shape index (κ3) is 4.67. The van der Waals surface area contributed by atoms with Gasteiger partial charge in [-0.1, -0.05) is 17.7 Å². The molecule has 1 aromatic carbocycles. The molecule has 1 atom stereocenters. The highest BCUT2D eigenvalue weighted by Crippen LogP contribution is 2.30. The SMILES string of the molecule is C[C@H](NC(=O)COC(=O)c1ccc(Cl)c(N2CCCC2=O)c1)c1cccs1. The number of rotatable bonds is 6. The highest BCUT2D eigenvalue weighted by molar-refractivity contribution is 7.10. The summed E-state index contributed by atoms with van der Waals surface area (Å²) < 4.78 is 5.10. The maximum absolute atomic E-state index is 12.3. The summed E-state index contributed by atoms with van der Waals surface area (Å²) in [6.45, 7) is 2.05. The fourth-order valence-electron chi connectivity index (χ4n) is 2.86. The Morgan fingerprint density at radius 2 is 2.19 bits per heavy atom. The Labute approximate surface area is 166 Å². The third-order valence-electron chi connectivity index (χ3n) is 4.23. The summed E-state index contributed by atoms with van der Waals surface area (Å²) in [6.07, 6.45) is 1.22. The Bertz CT molecular complexity index is 853. The smallest absolute Gasteiger partial charge is 0.338 e. The van der Waals surface area contributed by atoms with Crippen LogP contribution in [0.2, 0.25) is 5.02 Å². The van der Waals surface area contributed by atoms with Gasteiger partial charge in [-0.2, -0.15) is 0 Å². The molecule has 2 amide bonds. The van der Waals surface area contributed by atoms with E-state index in [0.717, 1.165) is 11.3 Å². The number of anilines is 1. The zero-order valence-electron chi connectivity index (χ0n) is 14.7. The van der Waals surface area contributed by atoms with Gasteiger partial charge in [-0.25, -0.2) is 4.79 Å². The molecule has 1 aliphatic heterocycles. The topological polar surface area (TPSA) is 75.7 Å².